The molecule has 0 aliphatic carbocycles. The summed E-state index contributed by atoms with van der Waals surface area (Å²) in [4.78, 5) is 2.15. The van der Waals surface area contributed by atoms with E-state index in [1.54, 1.807) is 0 Å². The van der Waals surface area contributed by atoms with Gasteiger partial charge in [0.1, 0.15) is 0 Å². The lowest BCUT2D eigenvalue weighted by molar-refractivity contribution is 0.0586. The van der Waals surface area contributed by atoms with Gasteiger partial charge < -0.3 is 4.74 Å². The standard InChI is InChI=1S/C15H20N2O/c16-9-11-17-10-8-15(13-17)18-12-4-7-14-5-2-1-3-6-14/h1-3,5-6,15H,4,7-8,10-13H2/t15-/m0/s1. The Labute approximate surface area is 109 Å². The molecule has 1 aromatic rings. The second-order valence-electron chi connectivity index (χ2n) is 4.76. The number of likely N-dealkylation sites (tertiary alicyclic amines) is 1. The Morgan fingerprint density at radius 3 is 2.94 bits per heavy atom. The molecule has 0 saturated carbocycles. The molecule has 0 unspecified atom stereocenters. The Hall–Kier alpha value is -1.37. The van der Waals surface area contributed by atoms with Crippen molar-refractivity contribution in [1.82, 2.24) is 4.90 Å². The van der Waals surface area contributed by atoms with Crippen molar-refractivity contribution in [2.24, 2.45) is 0 Å². The summed E-state index contributed by atoms with van der Waals surface area (Å²) in [6.45, 7) is 3.26. The first kappa shape index (κ1) is 13.1. The highest BCUT2D eigenvalue weighted by Crippen LogP contribution is 2.12. The predicted octanol–water partition coefficient (Wildman–Crippen LogP) is 2.23. The van der Waals surface area contributed by atoms with Crippen LogP contribution >= 0.6 is 0 Å². The minimum Gasteiger partial charge on any atom is -0.377 e. The first-order valence-electron chi connectivity index (χ1n) is 6.63. The van der Waals surface area contributed by atoms with Crippen LogP contribution in [-0.2, 0) is 11.2 Å². The van der Waals surface area contributed by atoms with E-state index in [0.29, 0.717) is 12.6 Å². The number of rotatable bonds is 6. The Morgan fingerprint density at radius 2 is 2.17 bits per heavy atom. The summed E-state index contributed by atoms with van der Waals surface area (Å²) < 4.78 is 5.85. The van der Waals surface area contributed by atoms with E-state index in [0.717, 1.165) is 39.0 Å². The molecule has 0 radical (unpaired) electrons. The topological polar surface area (TPSA) is 36.3 Å². The summed E-state index contributed by atoms with van der Waals surface area (Å²) in [5.74, 6) is 0. The summed E-state index contributed by atoms with van der Waals surface area (Å²) >= 11 is 0. The van der Waals surface area contributed by atoms with Crippen molar-refractivity contribution >= 4 is 0 Å². The van der Waals surface area contributed by atoms with Crippen molar-refractivity contribution in [3.8, 4) is 6.07 Å². The van der Waals surface area contributed by atoms with Gasteiger partial charge in [-0.25, -0.2) is 0 Å². The lowest BCUT2D eigenvalue weighted by Gasteiger charge is -2.13. The average Bonchev–Trinajstić information content (AvgIpc) is 2.84. The van der Waals surface area contributed by atoms with Gasteiger partial charge in [-0.15, -0.1) is 0 Å². The van der Waals surface area contributed by atoms with Gasteiger partial charge in [-0.05, 0) is 24.8 Å². The number of hydrogen-bond donors (Lipinski definition) is 0. The highest BCUT2D eigenvalue weighted by Gasteiger charge is 2.22. The molecule has 18 heavy (non-hydrogen) atoms. The fourth-order valence-corrected chi connectivity index (χ4v) is 2.35. The van der Waals surface area contributed by atoms with E-state index in [2.05, 4.69) is 35.2 Å². The molecule has 0 spiro atoms. The second kappa shape index (κ2) is 7.15. The second-order valence-corrected chi connectivity index (χ2v) is 4.76. The van der Waals surface area contributed by atoms with E-state index >= 15 is 0 Å². The molecule has 1 aliphatic rings. The number of nitriles is 1. The Morgan fingerprint density at radius 1 is 1.33 bits per heavy atom. The molecule has 3 heteroatoms. The van der Waals surface area contributed by atoms with E-state index in [9.17, 15) is 0 Å². The van der Waals surface area contributed by atoms with Gasteiger partial charge in [0.2, 0.25) is 0 Å². The van der Waals surface area contributed by atoms with Gasteiger partial charge in [0.05, 0.1) is 18.7 Å². The first-order valence-corrected chi connectivity index (χ1v) is 6.63. The third-order valence-electron chi connectivity index (χ3n) is 3.33. The third kappa shape index (κ3) is 4.14. The maximum Gasteiger partial charge on any atom is 0.0866 e. The Kier molecular flexibility index (Phi) is 5.19. The molecular formula is C15H20N2O. The lowest BCUT2D eigenvalue weighted by atomic mass is 10.1. The summed E-state index contributed by atoms with van der Waals surface area (Å²) in [6, 6.07) is 12.7. The SMILES string of the molecule is N#CCN1CC[C@H](OCCCc2ccccc2)C1. The molecule has 0 aromatic heterocycles. The highest BCUT2D eigenvalue weighted by atomic mass is 16.5. The van der Waals surface area contributed by atoms with Gasteiger partial charge in [0.25, 0.3) is 0 Å². The molecule has 1 heterocycles. The van der Waals surface area contributed by atoms with E-state index in [4.69, 9.17) is 10.00 Å². The molecule has 2 rings (SSSR count). The molecule has 1 aromatic carbocycles. The zero-order valence-electron chi connectivity index (χ0n) is 10.7. The van der Waals surface area contributed by atoms with Crippen LogP contribution in [0.4, 0.5) is 0 Å². The van der Waals surface area contributed by atoms with Crippen molar-refractivity contribution < 1.29 is 4.74 Å². The summed E-state index contributed by atoms with van der Waals surface area (Å²) in [6.07, 6.45) is 3.54. The predicted molar refractivity (Wildman–Crippen MR) is 71.2 cm³/mol. The molecule has 0 amide bonds. The highest BCUT2D eigenvalue weighted by molar-refractivity contribution is 5.14. The molecule has 0 N–H and O–H groups in total. The number of hydrogen-bond acceptors (Lipinski definition) is 3. The van der Waals surface area contributed by atoms with Crippen LogP contribution in [0.25, 0.3) is 0 Å². The van der Waals surface area contributed by atoms with Crippen molar-refractivity contribution in [2.75, 3.05) is 26.2 Å². The maximum atomic E-state index is 8.62. The van der Waals surface area contributed by atoms with Gasteiger partial charge >= 0.3 is 0 Å². The zero-order chi connectivity index (χ0) is 12.6. The maximum absolute atomic E-state index is 8.62. The van der Waals surface area contributed by atoms with Crippen LogP contribution in [0.1, 0.15) is 18.4 Å². The minimum atomic E-state index is 0.328. The molecule has 96 valence electrons. The summed E-state index contributed by atoms with van der Waals surface area (Å²) in [5, 5.41) is 8.62. The van der Waals surface area contributed by atoms with Crippen LogP contribution in [0.2, 0.25) is 0 Å². The van der Waals surface area contributed by atoms with Gasteiger partial charge in [-0.1, -0.05) is 30.3 Å². The molecule has 3 nitrogen and oxygen atoms in total. The van der Waals surface area contributed by atoms with Gasteiger partial charge in [-0.3, -0.25) is 4.90 Å². The molecule has 1 aliphatic heterocycles. The van der Waals surface area contributed by atoms with Gasteiger partial charge in [-0.2, -0.15) is 5.26 Å². The monoisotopic (exact) mass is 244 g/mol. The van der Waals surface area contributed by atoms with Crippen LogP contribution in [0, 0.1) is 11.3 Å². The van der Waals surface area contributed by atoms with Crippen LogP contribution in [0.5, 0.6) is 0 Å². The smallest absolute Gasteiger partial charge is 0.0866 e. The Bertz CT molecular complexity index is 385. The van der Waals surface area contributed by atoms with Crippen LogP contribution in [-0.4, -0.2) is 37.2 Å². The van der Waals surface area contributed by atoms with E-state index in [-0.39, 0.29) is 0 Å². The number of aryl methyl sites for hydroxylation is 1. The molecule has 1 fully saturated rings. The van der Waals surface area contributed by atoms with Crippen molar-refractivity contribution in [1.29, 1.82) is 5.26 Å². The zero-order valence-corrected chi connectivity index (χ0v) is 10.7. The molecule has 1 atom stereocenters. The minimum absolute atomic E-state index is 0.328. The van der Waals surface area contributed by atoms with Gasteiger partial charge in [0, 0.05) is 19.7 Å². The molecule has 0 bridgehead atoms. The number of nitrogens with zero attached hydrogens (tertiary/aromatic N) is 2. The largest absolute Gasteiger partial charge is 0.377 e. The van der Waals surface area contributed by atoms with Gasteiger partial charge in [0.15, 0.2) is 0 Å². The van der Waals surface area contributed by atoms with Crippen molar-refractivity contribution in [3.05, 3.63) is 35.9 Å². The van der Waals surface area contributed by atoms with Crippen LogP contribution in [0.15, 0.2) is 30.3 Å². The van der Waals surface area contributed by atoms with Crippen molar-refractivity contribution in [3.63, 3.8) is 0 Å². The first-order chi connectivity index (χ1) is 8.88. The fraction of sp³-hybridized carbons (Fsp3) is 0.533. The van der Waals surface area contributed by atoms with Crippen LogP contribution < -0.4 is 0 Å². The summed E-state index contributed by atoms with van der Waals surface area (Å²) in [7, 11) is 0. The quantitative estimate of drug-likeness (QED) is 0.569. The van der Waals surface area contributed by atoms with E-state index in [1.165, 1.54) is 5.56 Å². The summed E-state index contributed by atoms with van der Waals surface area (Å²) in [5.41, 5.74) is 1.37. The third-order valence-corrected chi connectivity index (χ3v) is 3.33. The van der Waals surface area contributed by atoms with Crippen molar-refractivity contribution in [2.45, 2.75) is 25.4 Å². The van der Waals surface area contributed by atoms with Crippen LogP contribution in [0.3, 0.4) is 0 Å². The van der Waals surface area contributed by atoms with E-state index < -0.39 is 0 Å². The number of ether oxygens (including phenoxy) is 1. The molecule has 1 saturated heterocycles. The average molecular weight is 244 g/mol. The normalized spacial score (nSPS) is 19.8. The number of benzene rings is 1. The van der Waals surface area contributed by atoms with E-state index in [1.807, 2.05) is 6.07 Å². The Balaban J connectivity index is 1.58. The lowest BCUT2D eigenvalue weighted by Crippen LogP contribution is -2.23. The fourth-order valence-electron chi connectivity index (χ4n) is 2.35. The molecular weight excluding hydrogens is 224 g/mol.